The summed E-state index contributed by atoms with van der Waals surface area (Å²) in [5.41, 5.74) is -3.19. The summed E-state index contributed by atoms with van der Waals surface area (Å²) >= 11 is 7.98. The summed E-state index contributed by atoms with van der Waals surface area (Å²) in [6.07, 6.45) is 1.82. The van der Waals surface area contributed by atoms with Crippen molar-refractivity contribution in [2.24, 2.45) is 0 Å². The van der Waals surface area contributed by atoms with Crippen molar-refractivity contribution >= 4 is 50.9 Å². The highest BCUT2D eigenvalue weighted by Gasteiger charge is 2.27. The number of alkyl halides is 3. The van der Waals surface area contributed by atoms with E-state index in [0.717, 1.165) is 0 Å². The van der Waals surface area contributed by atoms with Gasteiger partial charge in [-0.2, -0.15) is 0 Å². The number of hydrogen-bond donors (Lipinski definition) is 3. The van der Waals surface area contributed by atoms with Crippen LogP contribution in [0.1, 0.15) is 23.2 Å². The second-order valence-electron chi connectivity index (χ2n) is 5.50. The average Bonchev–Trinajstić information content (AvgIpc) is 2.60. The van der Waals surface area contributed by atoms with Crippen LogP contribution in [0.5, 0.6) is 5.75 Å². The zero-order valence-electron chi connectivity index (χ0n) is 14.2. The number of rotatable bonds is 9. The van der Waals surface area contributed by atoms with Crippen LogP contribution in [0.2, 0.25) is 0 Å². The van der Waals surface area contributed by atoms with Gasteiger partial charge in [0.2, 0.25) is 0 Å². The first-order chi connectivity index (χ1) is 13.1. The lowest BCUT2D eigenvalue weighted by Gasteiger charge is -2.11. The number of aromatic nitrogens is 1. The van der Waals surface area contributed by atoms with Gasteiger partial charge in [0.15, 0.2) is 0 Å². The van der Waals surface area contributed by atoms with E-state index in [1.54, 1.807) is 6.07 Å². The maximum Gasteiger partial charge on any atom is 0.487 e. The third kappa shape index (κ3) is 7.28. The molecule has 0 fully saturated rings. The Morgan fingerprint density at radius 2 is 1.96 bits per heavy atom. The van der Waals surface area contributed by atoms with Gasteiger partial charge in [-0.05, 0) is 52.7 Å². The highest BCUT2D eigenvalue weighted by atomic mass is 79.9. The molecule has 0 saturated carbocycles. The van der Waals surface area contributed by atoms with Crippen molar-refractivity contribution in [1.29, 1.82) is 0 Å². The van der Waals surface area contributed by atoms with Gasteiger partial charge in [0, 0.05) is 36.5 Å². The molecule has 1 aromatic carbocycles. The number of carbonyl (C=O) groups excluding carboxylic acids is 1. The first-order valence-corrected chi connectivity index (χ1v) is 9.09. The molecule has 28 heavy (non-hydrogen) atoms. The largest absolute Gasteiger partial charge is 0.487 e. The lowest BCUT2D eigenvalue weighted by molar-refractivity contribution is -0.137. The fourth-order valence-corrected chi connectivity index (χ4v) is 2.66. The van der Waals surface area contributed by atoms with Gasteiger partial charge in [0.05, 0.1) is 10.0 Å². The summed E-state index contributed by atoms with van der Waals surface area (Å²) in [6, 6.07) is 6.80. The van der Waals surface area contributed by atoms with E-state index in [9.17, 15) is 18.4 Å². The maximum atomic E-state index is 12.6. The molecule has 0 spiro atoms. The molecule has 2 rings (SSSR count). The Kier molecular flexibility index (Phi) is 7.53. The molecular formula is C17H15BrClF2N3O4. The number of aliphatic carboxylic acids is 1. The second kappa shape index (κ2) is 9.65. The molecule has 1 amide bonds. The second-order valence-corrected chi connectivity index (χ2v) is 6.80. The van der Waals surface area contributed by atoms with E-state index >= 15 is 0 Å². The third-order valence-electron chi connectivity index (χ3n) is 3.31. The van der Waals surface area contributed by atoms with Crippen molar-refractivity contribution in [2.75, 3.05) is 17.2 Å². The lowest BCUT2D eigenvalue weighted by atomic mass is 10.2. The van der Waals surface area contributed by atoms with Crippen LogP contribution in [0.15, 0.2) is 41.0 Å². The highest BCUT2D eigenvalue weighted by molar-refractivity contribution is 9.10. The van der Waals surface area contributed by atoms with Crippen molar-refractivity contribution in [3.05, 3.63) is 46.6 Å². The number of amides is 1. The molecule has 1 aromatic heterocycles. The molecule has 0 aliphatic heterocycles. The predicted octanol–water partition coefficient (Wildman–Crippen LogP) is 4.54. The molecule has 0 aliphatic carbocycles. The van der Waals surface area contributed by atoms with Gasteiger partial charge >= 0.3 is 11.5 Å². The summed E-state index contributed by atoms with van der Waals surface area (Å²) in [6.45, 7) is 0.416. The van der Waals surface area contributed by atoms with Crippen LogP contribution in [0, 0.1) is 0 Å². The number of hydrogen-bond acceptors (Lipinski definition) is 5. The number of nitrogens with zero attached hydrogens (tertiary/aromatic N) is 1. The number of carbonyl (C=O) groups is 2. The van der Waals surface area contributed by atoms with Crippen LogP contribution in [0.25, 0.3) is 0 Å². The quantitative estimate of drug-likeness (QED) is 0.361. The Morgan fingerprint density at radius 1 is 1.29 bits per heavy atom. The number of pyridine rings is 1. The predicted molar refractivity (Wildman–Crippen MR) is 103 cm³/mol. The molecule has 0 unspecified atom stereocenters. The zero-order chi connectivity index (χ0) is 20.7. The fourth-order valence-electron chi connectivity index (χ4n) is 2.08. The van der Waals surface area contributed by atoms with Crippen molar-refractivity contribution in [2.45, 2.75) is 18.4 Å². The average molecular weight is 479 g/mol. The van der Waals surface area contributed by atoms with Crippen molar-refractivity contribution in [3.8, 4) is 5.75 Å². The number of ether oxygens (including phenoxy) is 1. The van der Waals surface area contributed by atoms with E-state index in [1.807, 2.05) is 0 Å². The van der Waals surface area contributed by atoms with Crippen LogP contribution < -0.4 is 15.4 Å². The van der Waals surface area contributed by atoms with E-state index in [0.29, 0.717) is 28.9 Å². The Morgan fingerprint density at radius 3 is 2.54 bits per heavy atom. The monoisotopic (exact) mass is 477 g/mol. The van der Waals surface area contributed by atoms with E-state index in [4.69, 9.17) is 5.11 Å². The van der Waals surface area contributed by atoms with Crippen LogP contribution in [-0.4, -0.2) is 34.1 Å². The molecule has 7 nitrogen and oxygen atoms in total. The first-order valence-electron chi connectivity index (χ1n) is 7.92. The Balaban J connectivity index is 1.95. The Hall–Kier alpha value is -2.46. The van der Waals surface area contributed by atoms with Crippen LogP contribution in [0.4, 0.5) is 20.3 Å². The topological polar surface area (TPSA) is 101 Å². The SMILES string of the molecule is O=C(O)CCCNc1ncc(C(=O)Nc2ccc(OC(F)(F)Cl)cc2)cc1Br. The molecule has 3 N–H and O–H groups in total. The normalized spacial score (nSPS) is 11.0. The highest BCUT2D eigenvalue weighted by Crippen LogP contribution is 2.26. The van der Waals surface area contributed by atoms with Crippen molar-refractivity contribution in [3.63, 3.8) is 0 Å². The van der Waals surface area contributed by atoms with E-state index in [2.05, 4.69) is 47.9 Å². The molecular weight excluding hydrogens is 464 g/mol. The first kappa shape index (κ1) is 21.8. The molecule has 150 valence electrons. The fraction of sp³-hybridized carbons (Fsp3) is 0.235. The van der Waals surface area contributed by atoms with E-state index < -0.39 is 17.4 Å². The minimum Gasteiger partial charge on any atom is -0.481 e. The number of halogens is 4. The number of benzene rings is 1. The van der Waals surface area contributed by atoms with Gasteiger partial charge in [-0.15, -0.1) is 8.78 Å². The summed E-state index contributed by atoms with van der Waals surface area (Å²) in [4.78, 5) is 26.9. The van der Waals surface area contributed by atoms with Gasteiger partial charge in [-0.1, -0.05) is 0 Å². The van der Waals surface area contributed by atoms with Crippen molar-refractivity contribution < 1.29 is 28.2 Å². The zero-order valence-corrected chi connectivity index (χ0v) is 16.6. The summed E-state index contributed by atoms with van der Waals surface area (Å²) in [7, 11) is 0. The molecule has 2 aromatic rings. The minimum atomic E-state index is -3.81. The Labute approximate surface area is 172 Å². The standard InChI is InChI=1S/C17H15BrClF2N3O4/c18-13-8-10(9-23-15(13)22-7-1-2-14(25)26)16(27)24-11-3-5-12(6-4-11)28-17(19,20)21/h3-6,8-9H,1-2,7H2,(H,22,23)(H,24,27)(H,25,26). The molecule has 1 heterocycles. The van der Waals surface area contributed by atoms with E-state index in [1.165, 1.54) is 30.5 Å². The number of nitrogens with one attached hydrogen (secondary N) is 2. The van der Waals surface area contributed by atoms with Gasteiger partial charge in [0.1, 0.15) is 11.6 Å². The van der Waals surface area contributed by atoms with Gasteiger partial charge in [-0.3, -0.25) is 9.59 Å². The molecule has 0 atom stereocenters. The maximum absolute atomic E-state index is 12.6. The van der Waals surface area contributed by atoms with Crippen LogP contribution in [0.3, 0.4) is 0 Å². The molecule has 0 radical (unpaired) electrons. The van der Waals surface area contributed by atoms with Gasteiger partial charge in [-0.25, -0.2) is 4.98 Å². The molecule has 11 heteroatoms. The third-order valence-corrected chi connectivity index (χ3v) is 3.99. The summed E-state index contributed by atoms with van der Waals surface area (Å²) in [5, 5.41) is 14.2. The summed E-state index contributed by atoms with van der Waals surface area (Å²) < 4.78 is 29.9. The van der Waals surface area contributed by atoms with Crippen molar-refractivity contribution in [1.82, 2.24) is 4.98 Å². The van der Waals surface area contributed by atoms with Crippen LogP contribution >= 0.6 is 27.5 Å². The molecule has 0 saturated heterocycles. The van der Waals surface area contributed by atoms with Gasteiger partial charge < -0.3 is 20.5 Å². The number of anilines is 2. The summed E-state index contributed by atoms with van der Waals surface area (Å²) in [5.74, 6) is -1.01. The lowest BCUT2D eigenvalue weighted by Crippen LogP contribution is -2.16. The van der Waals surface area contributed by atoms with Gasteiger partial charge in [0.25, 0.3) is 5.91 Å². The molecule has 0 bridgehead atoms. The van der Waals surface area contributed by atoms with Crippen LogP contribution in [-0.2, 0) is 4.79 Å². The van der Waals surface area contributed by atoms with E-state index in [-0.39, 0.29) is 17.7 Å². The smallest absolute Gasteiger partial charge is 0.481 e. The number of carboxylic acids is 1. The number of carboxylic acid groups (broad SMARTS) is 1. The minimum absolute atomic E-state index is 0.0392. The molecule has 0 aliphatic rings. The Bertz CT molecular complexity index is 847.